The smallest absolute Gasteiger partial charge is 0.270 e. The molecule has 0 bridgehead atoms. The minimum absolute atomic E-state index is 0.313. The Morgan fingerprint density at radius 1 is 1.33 bits per heavy atom. The molecule has 2 aromatic rings. The van der Waals surface area contributed by atoms with E-state index in [1.165, 1.54) is 0 Å². The van der Waals surface area contributed by atoms with E-state index in [2.05, 4.69) is 56.1 Å². The molecule has 1 aliphatic rings. The van der Waals surface area contributed by atoms with Crippen LogP contribution >= 0.6 is 0 Å². The van der Waals surface area contributed by atoms with Crippen molar-refractivity contribution in [2.75, 3.05) is 18.4 Å². The average Bonchev–Trinajstić information content (AvgIpc) is 3.27. The van der Waals surface area contributed by atoms with Crippen molar-refractivity contribution < 1.29 is 4.79 Å². The lowest BCUT2D eigenvalue weighted by Crippen LogP contribution is -2.36. The quantitative estimate of drug-likeness (QED) is 0.683. The number of hydrogen-bond donors (Lipinski definition) is 2. The number of imidazole rings is 1. The molecule has 1 saturated heterocycles. The highest BCUT2D eigenvalue weighted by atomic mass is 16.1. The van der Waals surface area contributed by atoms with Gasteiger partial charge in [-0.3, -0.25) is 9.79 Å². The van der Waals surface area contributed by atoms with Crippen molar-refractivity contribution in [2.24, 2.45) is 9.98 Å². The molecule has 0 aliphatic carbocycles. The third-order valence-corrected chi connectivity index (χ3v) is 4.91. The highest BCUT2D eigenvalue weighted by Crippen LogP contribution is 2.17. The van der Waals surface area contributed by atoms with Crippen LogP contribution in [0, 0.1) is 13.8 Å². The number of amides is 1. The summed E-state index contributed by atoms with van der Waals surface area (Å²) < 4.78 is 1.86. The monoisotopic (exact) mass is 410 g/mol. The summed E-state index contributed by atoms with van der Waals surface area (Å²) in [5.41, 5.74) is 2.72. The fourth-order valence-corrected chi connectivity index (χ4v) is 3.55. The van der Waals surface area contributed by atoms with Crippen LogP contribution in [0.25, 0.3) is 5.65 Å². The van der Waals surface area contributed by atoms with Gasteiger partial charge in [0.1, 0.15) is 17.4 Å². The summed E-state index contributed by atoms with van der Waals surface area (Å²) in [6.07, 6.45) is 6.27. The molecule has 2 aromatic heterocycles. The predicted molar refractivity (Wildman–Crippen MR) is 120 cm³/mol. The second-order valence-corrected chi connectivity index (χ2v) is 7.89. The number of rotatable bonds is 7. The molecule has 1 fully saturated rings. The van der Waals surface area contributed by atoms with Crippen molar-refractivity contribution in [3.63, 3.8) is 0 Å². The standard InChI is InChI=1S/C21H30N8O/c1-13(2)24-17-7-8-28(11-17)19(22-6)9-23-16(5)21(30)27-18-12-29-10-14(3)25-20(29)15(4)26-18/h9-10,12-13,17,24H,6-8,11H2,1-5H3,(H,27,30)/b19-9+,23-16?. The Balaban J connectivity index is 1.68. The highest BCUT2D eigenvalue weighted by molar-refractivity contribution is 6.42. The summed E-state index contributed by atoms with van der Waals surface area (Å²) in [5, 5.41) is 6.33. The molecule has 2 N–H and O–H groups in total. The first kappa shape index (κ1) is 21.6. The fraction of sp³-hybridized carbons (Fsp3) is 0.476. The minimum atomic E-state index is -0.321. The Bertz CT molecular complexity index is 1000. The van der Waals surface area contributed by atoms with E-state index in [0.717, 1.165) is 36.5 Å². The lowest BCUT2D eigenvalue weighted by molar-refractivity contribution is -0.110. The van der Waals surface area contributed by atoms with E-state index in [9.17, 15) is 4.79 Å². The average molecular weight is 411 g/mol. The summed E-state index contributed by atoms with van der Waals surface area (Å²) in [5.74, 6) is 0.795. The van der Waals surface area contributed by atoms with E-state index in [1.54, 1.807) is 19.3 Å². The van der Waals surface area contributed by atoms with Gasteiger partial charge in [-0.2, -0.15) is 0 Å². The number of hydrogen-bond acceptors (Lipinski definition) is 7. The van der Waals surface area contributed by atoms with E-state index < -0.39 is 0 Å². The van der Waals surface area contributed by atoms with Crippen molar-refractivity contribution in [3.8, 4) is 0 Å². The van der Waals surface area contributed by atoms with Gasteiger partial charge >= 0.3 is 0 Å². The molecule has 1 atom stereocenters. The Hall–Kier alpha value is -3.07. The van der Waals surface area contributed by atoms with Crippen LogP contribution in [-0.4, -0.2) is 62.8 Å². The van der Waals surface area contributed by atoms with E-state index in [-0.39, 0.29) is 5.91 Å². The number of carbonyl (C=O) groups excluding carboxylic acids is 1. The topological polar surface area (TPSA) is 99.3 Å². The second-order valence-electron chi connectivity index (χ2n) is 7.89. The third kappa shape index (κ3) is 5.10. The second kappa shape index (κ2) is 9.17. The largest absolute Gasteiger partial charge is 0.354 e. The number of nitrogens with zero attached hydrogens (tertiary/aromatic N) is 6. The van der Waals surface area contributed by atoms with Crippen LogP contribution < -0.4 is 10.6 Å². The molecule has 1 aliphatic heterocycles. The molecule has 1 unspecified atom stereocenters. The van der Waals surface area contributed by atoms with E-state index in [1.807, 2.05) is 24.4 Å². The third-order valence-electron chi connectivity index (χ3n) is 4.91. The van der Waals surface area contributed by atoms with Gasteiger partial charge in [0.15, 0.2) is 5.65 Å². The molecule has 0 spiro atoms. The van der Waals surface area contributed by atoms with Crippen molar-refractivity contribution >= 4 is 29.8 Å². The van der Waals surface area contributed by atoms with Crippen molar-refractivity contribution in [3.05, 3.63) is 35.8 Å². The minimum Gasteiger partial charge on any atom is -0.354 e. The van der Waals surface area contributed by atoms with Gasteiger partial charge in [0, 0.05) is 31.4 Å². The van der Waals surface area contributed by atoms with Gasteiger partial charge < -0.3 is 19.9 Å². The molecule has 30 heavy (non-hydrogen) atoms. The number of likely N-dealkylation sites (tertiary alicyclic amines) is 1. The molecule has 0 aromatic carbocycles. The molecule has 9 nitrogen and oxygen atoms in total. The summed E-state index contributed by atoms with van der Waals surface area (Å²) in [6.45, 7) is 15.1. The zero-order valence-corrected chi connectivity index (χ0v) is 18.3. The van der Waals surface area contributed by atoms with Gasteiger partial charge in [0.05, 0.1) is 23.8 Å². The maximum absolute atomic E-state index is 12.6. The number of aromatic nitrogens is 3. The van der Waals surface area contributed by atoms with E-state index >= 15 is 0 Å². The Morgan fingerprint density at radius 2 is 2.10 bits per heavy atom. The van der Waals surface area contributed by atoms with Gasteiger partial charge in [-0.05, 0) is 33.9 Å². The number of carbonyl (C=O) groups is 1. The molecule has 1 amide bonds. The van der Waals surface area contributed by atoms with Gasteiger partial charge in [-0.1, -0.05) is 13.8 Å². The molecular formula is C21H30N8O. The maximum atomic E-state index is 12.6. The molecule has 9 heteroatoms. The van der Waals surface area contributed by atoms with Crippen molar-refractivity contribution in [2.45, 2.75) is 53.1 Å². The normalized spacial score (nSPS) is 17.8. The van der Waals surface area contributed by atoms with Crippen LogP contribution in [-0.2, 0) is 4.79 Å². The zero-order valence-electron chi connectivity index (χ0n) is 18.3. The maximum Gasteiger partial charge on any atom is 0.270 e. The molecule has 0 radical (unpaired) electrons. The summed E-state index contributed by atoms with van der Waals surface area (Å²) in [4.78, 5) is 31.9. The number of aliphatic imine (C=N–C) groups is 2. The molecule has 0 saturated carbocycles. The molecule has 3 heterocycles. The highest BCUT2D eigenvalue weighted by Gasteiger charge is 2.24. The molecule has 3 rings (SSSR count). The first-order valence-corrected chi connectivity index (χ1v) is 10.1. The first-order valence-electron chi connectivity index (χ1n) is 10.1. The number of fused-ring (bicyclic) bond motifs is 1. The molecular weight excluding hydrogens is 380 g/mol. The molecule has 160 valence electrons. The van der Waals surface area contributed by atoms with Gasteiger partial charge in [0.2, 0.25) is 0 Å². The fourth-order valence-electron chi connectivity index (χ4n) is 3.55. The number of aryl methyl sites for hydroxylation is 2. The summed E-state index contributed by atoms with van der Waals surface area (Å²) in [7, 11) is 0. The first-order chi connectivity index (χ1) is 14.3. The summed E-state index contributed by atoms with van der Waals surface area (Å²) >= 11 is 0. The van der Waals surface area contributed by atoms with Crippen molar-refractivity contribution in [1.82, 2.24) is 24.6 Å². The van der Waals surface area contributed by atoms with Crippen LogP contribution in [0.5, 0.6) is 0 Å². The van der Waals surface area contributed by atoms with Crippen LogP contribution in [0.3, 0.4) is 0 Å². The van der Waals surface area contributed by atoms with Gasteiger partial charge in [0.25, 0.3) is 5.91 Å². The van der Waals surface area contributed by atoms with Crippen LogP contribution in [0.1, 0.15) is 38.6 Å². The van der Waals surface area contributed by atoms with E-state index in [0.29, 0.717) is 29.4 Å². The Morgan fingerprint density at radius 3 is 2.80 bits per heavy atom. The summed E-state index contributed by atoms with van der Waals surface area (Å²) in [6, 6.07) is 0.852. The van der Waals surface area contributed by atoms with E-state index in [4.69, 9.17) is 0 Å². The van der Waals surface area contributed by atoms with Crippen LogP contribution in [0.4, 0.5) is 5.82 Å². The number of anilines is 1. The Labute approximate surface area is 177 Å². The van der Waals surface area contributed by atoms with Gasteiger partial charge in [-0.25, -0.2) is 15.0 Å². The number of nitrogens with one attached hydrogen (secondary N) is 2. The lowest BCUT2D eigenvalue weighted by Gasteiger charge is -2.19. The zero-order chi connectivity index (χ0) is 21.8. The van der Waals surface area contributed by atoms with Crippen LogP contribution in [0.2, 0.25) is 0 Å². The Kier molecular flexibility index (Phi) is 6.61. The van der Waals surface area contributed by atoms with Crippen molar-refractivity contribution in [1.29, 1.82) is 0 Å². The van der Waals surface area contributed by atoms with Crippen LogP contribution in [0.15, 0.2) is 34.4 Å². The van der Waals surface area contributed by atoms with Gasteiger partial charge in [-0.15, -0.1) is 0 Å². The predicted octanol–water partition coefficient (Wildman–Crippen LogP) is 2.32. The SMILES string of the molecule is C=N/C(=C\N=C(C)C(=O)Nc1cn2cc(C)nc2c(C)n1)N1CCC(NC(C)C)C1. The lowest BCUT2D eigenvalue weighted by atomic mass is 10.2.